The second kappa shape index (κ2) is 3.12. The van der Waals surface area contributed by atoms with E-state index in [0.717, 1.165) is 38.9 Å². The normalized spacial score (nSPS) is 42.5. The minimum Gasteiger partial charge on any atom is -0.481 e. The van der Waals surface area contributed by atoms with Crippen molar-refractivity contribution in [1.29, 1.82) is 0 Å². The zero-order valence-electron chi connectivity index (χ0n) is 7.42. The van der Waals surface area contributed by atoms with E-state index in [-0.39, 0.29) is 5.48 Å². The molecule has 3 N–H and O–H groups in total. The Morgan fingerprint density at radius 2 is 1.62 bits per heavy atom. The van der Waals surface area contributed by atoms with Gasteiger partial charge in [0.05, 0.1) is 25.0 Å². The van der Waals surface area contributed by atoms with Crippen molar-refractivity contribution in [2.75, 3.05) is 19.6 Å². The van der Waals surface area contributed by atoms with Crippen LogP contribution in [0.15, 0.2) is 0 Å². The third kappa shape index (κ3) is 1.54. The Bertz CT molecular complexity index is 207. The maximum atomic E-state index is 11.0. The number of hydrogen-bond acceptors (Lipinski definition) is 1. The Balaban J connectivity index is 0.000000845. The molecule has 5 heteroatoms. The van der Waals surface area contributed by atoms with Crippen molar-refractivity contribution in [3.63, 3.8) is 0 Å². The summed E-state index contributed by atoms with van der Waals surface area (Å²) in [6, 6.07) is 0. The number of carbonyl (C=O) groups is 1. The van der Waals surface area contributed by atoms with Gasteiger partial charge in [0.1, 0.15) is 0 Å². The molecule has 3 saturated heterocycles. The molecule has 0 atom stereocenters. The molecule has 3 fully saturated rings. The fourth-order valence-corrected chi connectivity index (χ4v) is 2.53. The summed E-state index contributed by atoms with van der Waals surface area (Å²) >= 11 is 6.21. The Morgan fingerprint density at radius 3 is 1.92 bits per heavy atom. The van der Waals surface area contributed by atoms with Crippen LogP contribution in [0.25, 0.3) is 0 Å². The van der Waals surface area contributed by atoms with Crippen LogP contribution in [0.3, 0.4) is 0 Å². The smallest absolute Gasteiger partial charge is 0.310 e. The predicted octanol–water partition coefficient (Wildman–Crippen LogP) is 0.401. The second-order valence-corrected chi connectivity index (χ2v) is 4.75. The number of halogens is 1. The summed E-state index contributed by atoms with van der Waals surface area (Å²) in [6.07, 6.45) is 2.27. The highest BCUT2D eigenvalue weighted by Crippen LogP contribution is 2.45. The van der Waals surface area contributed by atoms with E-state index >= 15 is 0 Å². The second-order valence-electron chi connectivity index (χ2n) is 4.04. The highest BCUT2D eigenvalue weighted by molar-refractivity contribution is 6.06. The number of aliphatic carboxylic acids is 1. The van der Waals surface area contributed by atoms with Crippen LogP contribution in [-0.2, 0) is 4.79 Å². The van der Waals surface area contributed by atoms with Crippen molar-refractivity contribution in [3.8, 4) is 0 Å². The van der Waals surface area contributed by atoms with Crippen LogP contribution >= 0.6 is 11.8 Å². The Labute approximate surface area is 82.1 Å². The van der Waals surface area contributed by atoms with E-state index in [1.807, 2.05) is 0 Å². The number of rotatable bonds is 1. The molecule has 13 heavy (non-hydrogen) atoms. The minimum atomic E-state index is -0.620. The fourth-order valence-electron chi connectivity index (χ4n) is 2.27. The standard InChI is InChI=1S/C8H12ClNO2.H2O/c9-10-4-1-8(2-5-10,3-6-10)7(11)12;/h1-6H2;1H2/p+1. The van der Waals surface area contributed by atoms with Gasteiger partial charge in [0.2, 0.25) is 0 Å². The zero-order chi connectivity index (χ0) is 8.82. The molecule has 0 aromatic carbocycles. The topological polar surface area (TPSA) is 68.8 Å². The predicted molar refractivity (Wildman–Crippen MR) is 48.2 cm³/mol. The van der Waals surface area contributed by atoms with Crippen molar-refractivity contribution >= 4 is 17.7 Å². The highest BCUT2D eigenvalue weighted by atomic mass is 35.5. The molecular formula is C8H15ClNO3+. The van der Waals surface area contributed by atoms with E-state index in [1.165, 1.54) is 0 Å². The van der Waals surface area contributed by atoms with Gasteiger partial charge in [-0.1, -0.05) is 0 Å². The van der Waals surface area contributed by atoms with Crippen LogP contribution in [0, 0.1) is 5.41 Å². The third-order valence-electron chi connectivity index (χ3n) is 3.43. The number of carboxylic acids is 1. The van der Waals surface area contributed by atoms with Crippen LogP contribution < -0.4 is 0 Å². The molecule has 3 rings (SSSR count). The molecule has 3 aliphatic rings. The molecule has 0 saturated carbocycles. The van der Waals surface area contributed by atoms with Gasteiger partial charge in [0.15, 0.2) is 11.8 Å². The van der Waals surface area contributed by atoms with Crippen molar-refractivity contribution in [1.82, 2.24) is 0 Å². The van der Waals surface area contributed by atoms with Crippen LogP contribution in [-0.4, -0.2) is 40.2 Å². The number of fused-ring (bicyclic) bond motifs is 3. The third-order valence-corrected chi connectivity index (χ3v) is 3.93. The maximum absolute atomic E-state index is 11.0. The van der Waals surface area contributed by atoms with Gasteiger partial charge >= 0.3 is 5.97 Å². The lowest BCUT2D eigenvalue weighted by molar-refractivity contribution is -0.836. The van der Waals surface area contributed by atoms with Gasteiger partial charge in [-0.25, -0.2) is 4.00 Å². The monoisotopic (exact) mass is 208 g/mol. The summed E-state index contributed by atoms with van der Waals surface area (Å²) in [4.78, 5) is 11.0. The molecule has 0 aromatic heterocycles. The van der Waals surface area contributed by atoms with Crippen molar-refractivity contribution in [2.45, 2.75) is 19.3 Å². The molecule has 0 unspecified atom stereocenters. The number of carboxylic acid groups (broad SMARTS) is 1. The van der Waals surface area contributed by atoms with Crippen LogP contribution in [0.1, 0.15) is 19.3 Å². The van der Waals surface area contributed by atoms with Crippen molar-refractivity contribution < 1.29 is 19.4 Å². The zero-order valence-corrected chi connectivity index (χ0v) is 8.18. The van der Waals surface area contributed by atoms with Gasteiger partial charge in [0.25, 0.3) is 0 Å². The van der Waals surface area contributed by atoms with Gasteiger partial charge in [-0.15, -0.1) is 0 Å². The van der Waals surface area contributed by atoms with Crippen molar-refractivity contribution in [2.24, 2.45) is 5.41 Å². The molecule has 3 aliphatic heterocycles. The largest absolute Gasteiger partial charge is 0.481 e. The van der Waals surface area contributed by atoms with Gasteiger partial charge in [-0.05, 0) is 0 Å². The molecule has 0 spiro atoms. The summed E-state index contributed by atoms with van der Waals surface area (Å²) in [5.74, 6) is -0.620. The molecule has 76 valence electrons. The molecule has 0 radical (unpaired) electrons. The summed E-state index contributed by atoms with van der Waals surface area (Å²) < 4.78 is 0.578. The van der Waals surface area contributed by atoms with E-state index in [1.54, 1.807) is 0 Å². The van der Waals surface area contributed by atoms with Crippen LogP contribution in [0.5, 0.6) is 0 Å². The average Bonchev–Trinajstić information content (AvgIpc) is 2.06. The Kier molecular flexibility index (Phi) is 2.58. The molecule has 2 bridgehead atoms. The average molecular weight is 209 g/mol. The lowest BCUT2D eigenvalue weighted by atomic mass is 9.72. The number of quaternary nitrogens is 1. The summed E-state index contributed by atoms with van der Waals surface area (Å²) in [5.41, 5.74) is -0.422. The number of hydrogen-bond donors (Lipinski definition) is 1. The minimum absolute atomic E-state index is 0. The number of nitrogens with zero attached hydrogens (tertiary/aromatic N) is 1. The molecule has 0 amide bonds. The molecule has 0 aliphatic carbocycles. The SMILES string of the molecule is O.O=C(O)C12CC[N+](Cl)(CC1)CC2. The molecule has 4 nitrogen and oxygen atoms in total. The Hall–Kier alpha value is -0.320. The van der Waals surface area contributed by atoms with Gasteiger partial charge in [-0.3, -0.25) is 4.79 Å². The van der Waals surface area contributed by atoms with E-state index in [2.05, 4.69) is 0 Å². The maximum Gasteiger partial charge on any atom is 0.310 e. The van der Waals surface area contributed by atoms with E-state index in [4.69, 9.17) is 16.9 Å². The summed E-state index contributed by atoms with van der Waals surface area (Å²) in [5, 5.41) is 9.05. The fraction of sp³-hybridized carbons (Fsp3) is 0.875. The first-order valence-corrected chi connectivity index (χ1v) is 4.69. The van der Waals surface area contributed by atoms with E-state index < -0.39 is 11.4 Å². The molecule has 3 heterocycles. The lowest BCUT2D eigenvalue weighted by Crippen LogP contribution is -2.58. The van der Waals surface area contributed by atoms with Crippen LogP contribution in [0.4, 0.5) is 0 Å². The van der Waals surface area contributed by atoms with Gasteiger partial charge < -0.3 is 10.6 Å². The highest BCUT2D eigenvalue weighted by Gasteiger charge is 2.53. The first-order chi connectivity index (χ1) is 5.56. The lowest BCUT2D eigenvalue weighted by Gasteiger charge is -2.47. The van der Waals surface area contributed by atoms with Gasteiger partial charge in [0, 0.05) is 19.3 Å². The Morgan fingerprint density at radius 1 is 1.23 bits per heavy atom. The molecular weight excluding hydrogens is 194 g/mol. The van der Waals surface area contributed by atoms with E-state index in [0.29, 0.717) is 4.00 Å². The summed E-state index contributed by atoms with van der Waals surface area (Å²) in [7, 11) is 0. The van der Waals surface area contributed by atoms with Crippen LogP contribution in [0.2, 0.25) is 0 Å². The van der Waals surface area contributed by atoms with Crippen molar-refractivity contribution in [3.05, 3.63) is 0 Å². The first kappa shape index (κ1) is 10.8. The van der Waals surface area contributed by atoms with E-state index in [9.17, 15) is 4.79 Å². The molecule has 0 aromatic rings. The van der Waals surface area contributed by atoms with Gasteiger partial charge in [-0.2, -0.15) is 0 Å². The summed E-state index contributed by atoms with van der Waals surface area (Å²) in [6.45, 7) is 2.48. The number of piperidine rings is 3. The quantitative estimate of drug-likeness (QED) is 0.634. The first-order valence-electron chi connectivity index (χ1n) is 4.36.